The molecule has 0 spiro atoms. The number of hydrogen-bond acceptors (Lipinski definition) is 2. The van der Waals surface area contributed by atoms with Crippen molar-refractivity contribution in [3.8, 4) is 0 Å². The Morgan fingerprint density at radius 3 is 2.67 bits per heavy atom. The van der Waals surface area contributed by atoms with Crippen molar-refractivity contribution in [2.45, 2.75) is 6.42 Å². The molecule has 2 rings (SSSR count). The molecule has 1 aromatic carbocycles. The van der Waals surface area contributed by atoms with Crippen LogP contribution in [0.2, 0.25) is 10.0 Å². The number of carbonyl (C=O) groups excluding carboxylic acids is 1. The molecule has 1 aliphatic heterocycles. The average molecular weight is 287 g/mol. The molecular formula is C13H16Cl2N2O. The molecular weight excluding hydrogens is 271 g/mol. The van der Waals surface area contributed by atoms with Gasteiger partial charge in [0.05, 0.1) is 0 Å². The molecule has 3 nitrogen and oxygen atoms in total. The molecule has 0 aliphatic carbocycles. The minimum absolute atomic E-state index is 0.0120. The number of carbonyl (C=O) groups is 1. The first-order chi connectivity index (χ1) is 8.60. The van der Waals surface area contributed by atoms with Crippen molar-refractivity contribution in [2.24, 2.45) is 5.92 Å². The molecule has 1 saturated heterocycles. The van der Waals surface area contributed by atoms with Gasteiger partial charge < -0.3 is 10.2 Å². The van der Waals surface area contributed by atoms with Gasteiger partial charge >= 0.3 is 0 Å². The van der Waals surface area contributed by atoms with Gasteiger partial charge in [-0.15, -0.1) is 0 Å². The normalized spacial score (nSPS) is 19.3. The number of amides is 1. The standard InChI is InChI=1S/C13H16Cl2N2O/c1-16-7-9-2-3-17(8-9)13(18)10-4-11(14)6-12(15)5-10/h4-6,9,16H,2-3,7-8H2,1H3. The summed E-state index contributed by atoms with van der Waals surface area (Å²) in [5.74, 6) is 0.548. The van der Waals surface area contributed by atoms with Gasteiger partial charge in [0.15, 0.2) is 0 Å². The smallest absolute Gasteiger partial charge is 0.253 e. The molecule has 1 heterocycles. The fraction of sp³-hybridized carbons (Fsp3) is 0.462. The van der Waals surface area contributed by atoms with E-state index in [1.807, 2.05) is 11.9 Å². The quantitative estimate of drug-likeness (QED) is 0.927. The van der Waals surface area contributed by atoms with Gasteiger partial charge in [0, 0.05) is 28.7 Å². The Balaban J connectivity index is 2.08. The molecule has 1 unspecified atom stereocenters. The van der Waals surface area contributed by atoms with E-state index < -0.39 is 0 Å². The maximum Gasteiger partial charge on any atom is 0.253 e. The summed E-state index contributed by atoms with van der Waals surface area (Å²) in [6, 6.07) is 4.97. The van der Waals surface area contributed by atoms with Crippen LogP contribution in [0.1, 0.15) is 16.8 Å². The second-order valence-corrected chi connectivity index (χ2v) is 5.49. The van der Waals surface area contributed by atoms with E-state index in [1.165, 1.54) is 0 Å². The van der Waals surface area contributed by atoms with Crippen molar-refractivity contribution >= 4 is 29.1 Å². The molecule has 0 aromatic heterocycles. The van der Waals surface area contributed by atoms with Crippen LogP contribution in [0.3, 0.4) is 0 Å². The Bertz CT molecular complexity index is 430. The highest BCUT2D eigenvalue weighted by Crippen LogP contribution is 2.23. The van der Waals surface area contributed by atoms with Gasteiger partial charge in [-0.1, -0.05) is 23.2 Å². The third-order valence-electron chi connectivity index (χ3n) is 3.18. The summed E-state index contributed by atoms with van der Waals surface area (Å²) in [7, 11) is 1.93. The van der Waals surface area contributed by atoms with Crippen LogP contribution in [0.15, 0.2) is 18.2 Å². The number of rotatable bonds is 3. The van der Waals surface area contributed by atoms with E-state index in [4.69, 9.17) is 23.2 Å². The van der Waals surface area contributed by atoms with Crippen LogP contribution in [-0.2, 0) is 0 Å². The molecule has 5 heteroatoms. The van der Waals surface area contributed by atoms with Crippen molar-refractivity contribution in [3.63, 3.8) is 0 Å². The monoisotopic (exact) mass is 286 g/mol. The van der Waals surface area contributed by atoms with Crippen molar-refractivity contribution in [1.29, 1.82) is 0 Å². The molecule has 1 aliphatic rings. The van der Waals surface area contributed by atoms with E-state index in [0.29, 0.717) is 21.5 Å². The second-order valence-electron chi connectivity index (χ2n) is 4.62. The summed E-state index contributed by atoms with van der Waals surface area (Å²) >= 11 is 11.8. The first-order valence-electron chi connectivity index (χ1n) is 6.00. The van der Waals surface area contributed by atoms with Crippen molar-refractivity contribution in [2.75, 3.05) is 26.7 Å². The van der Waals surface area contributed by atoms with Crippen molar-refractivity contribution in [1.82, 2.24) is 10.2 Å². The van der Waals surface area contributed by atoms with E-state index in [0.717, 1.165) is 26.1 Å². The number of nitrogens with zero attached hydrogens (tertiary/aromatic N) is 1. The lowest BCUT2D eigenvalue weighted by Crippen LogP contribution is -2.30. The highest BCUT2D eigenvalue weighted by molar-refractivity contribution is 6.35. The van der Waals surface area contributed by atoms with Crippen LogP contribution in [0.25, 0.3) is 0 Å². The molecule has 98 valence electrons. The van der Waals surface area contributed by atoms with Gasteiger partial charge in [0.1, 0.15) is 0 Å². The number of nitrogens with one attached hydrogen (secondary N) is 1. The molecule has 1 aromatic rings. The predicted molar refractivity (Wildman–Crippen MR) is 74.4 cm³/mol. The van der Waals surface area contributed by atoms with Gasteiger partial charge in [-0.25, -0.2) is 0 Å². The van der Waals surface area contributed by atoms with E-state index in [9.17, 15) is 4.79 Å². The summed E-state index contributed by atoms with van der Waals surface area (Å²) in [6.07, 6.45) is 1.04. The highest BCUT2D eigenvalue weighted by atomic mass is 35.5. The predicted octanol–water partition coefficient (Wildman–Crippen LogP) is 2.67. The van der Waals surface area contributed by atoms with Crippen LogP contribution in [0.5, 0.6) is 0 Å². The zero-order valence-corrected chi connectivity index (χ0v) is 11.8. The zero-order valence-electron chi connectivity index (χ0n) is 10.2. The summed E-state index contributed by atoms with van der Waals surface area (Å²) in [5.41, 5.74) is 0.567. The maximum atomic E-state index is 12.3. The maximum absolute atomic E-state index is 12.3. The number of halogens is 2. The molecule has 0 saturated carbocycles. The molecule has 18 heavy (non-hydrogen) atoms. The Kier molecular flexibility index (Phi) is 4.49. The Morgan fingerprint density at radius 2 is 2.06 bits per heavy atom. The fourth-order valence-electron chi connectivity index (χ4n) is 2.33. The Hall–Kier alpha value is -0.770. The van der Waals surface area contributed by atoms with Crippen LogP contribution >= 0.6 is 23.2 Å². The molecule has 1 fully saturated rings. The van der Waals surface area contributed by atoms with Crippen molar-refractivity contribution in [3.05, 3.63) is 33.8 Å². The first-order valence-corrected chi connectivity index (χ1v) is 6.75. The van der Waals surface area contributed by atoms with E-state index in [1.54, 1.807) is 18.2 Å². The van der Waals surface area contributed by atoms with E-state index >= 15 is 0 Å². The number of hydrogen-bond donors (Lipinski definition) is 1. The summed E-state index contributed by atoms with van der Waals surface area (Å²) < 4.78 is 0. The average Bonchev–Trinajstić information content (AvgIpc) is 2.76. The molecule has 1 N–H and O–H groups in total. The number of likely N-dealkylation sites (tertiary alicyclic amines) is 1. The minimum Gasteiger partial charge on any atom is -0.338 e. The summed E-state index contributed by atoms with van der Waals surface area (Å²) in [5, 5.41) is 4.14. The van der Waals surface area contributed by atoms with E-state index in [-0.39, 0.29) is 5.91 Å². The summed E-state index contributed by atoms with van der Waals surface area (Å²) in [6.45, 7) is 2.54. The lowest BCUT2D eigenvalue weighted by atomic mass is 10.1. The molecule has 1 amide bonds. The Morgan fingerprint density at radius 1 is 1.39 bits per heavy atom. The van der Waals surface area contributed by atoms with Gasteiger partial charge in [-0.3, -0.25) is 4.79 Å². The lowest BCUT2D eigenvalue weighted by Gasteiger charge is -2.17. The van der Waals surface area contributed by atoms with Crippen LogP contribution < -0.4 is 5.32 Å². The lowest BCUT2D eigenvalue weighted by molar-refractivity contribution is 0.0787. The third kappa shape index (κ3) is 3.16. The van der Waals surface area contributed by atoms with Crippen LogP contribution in [-0.4, -0.2) is 37.5 Å². The molecule has 0 radical (unpaired) electrons. The summed E-state index contributed by atoms with van der Waals surface area (Å²) in [4.78, 5) is 14.2. The fourth-order valence-corrected chi connectivity index (χ4v) is 2.86. The van der Waals surface area contributed by atoms with Gasteiger partial charge in [-0.2, -0.15) is 0 Å². The largest absolute Gasteiger partial charge is 0.338 e. The van der Waals surface area contributed by atoms with Crippen LogP contribution in [0.4, 0.5) is 0 Å². The topological polar surface area (TPSA) is 32.3 Å². The molecule has 0 bridgehead atoms. The minimum atomic E-state index is 0.0120. The first kappa shape index (κ1) is 13.7. The van der Waals surface area contributed by atoms with E-state index in [2.05, 4.69) is 5.32 Å². The van der Waals surface area contributed by atoms with Gasteiger partial charge in [0.25, 0.3) is 5.91 Å². The van der Waals surface area contributed by atoms with Crippen molar-refractivity contribution < 1.29 is 4.79 Å². The SMILES string of the molecule is CNCC1CCN(C(=O)c2cc(Cl)cc(Cl)c2)C1. The third-order valence-corrected chi connectivity index (χ3v) is 3.61. The highest BCUT2D eigenvalue weighted by Gasteiger charge is 2.26. The molecule has 1 atom stereocenters. The number of benzene rings is 1. The zero-order chi connectivity index (χ0) is 13.1. The Labute approximate surface area is 117 Å². The van der Waals surface area contributed by atoms with Gasteiger partial charge in [0.2, 0.25) is 0 Å². The second kappa shape index (κ2) is 5.91. The van der Waals surface area contributed by atoms with Crippen LogP contribution in [0, 0.1) is 5.92 Å². The van der Waals surface area contributed by atoms with Gasteiger partial charge in [-0.05, 0) is 44.1 Å².